The predicted molar refractivity (Wildman–Crippen MR) is 90.3 cm³/mol. The zero-order valence-electron chi connectivity index (χ0n) is 11.3. The minimum absolute atomic E-state index is 0.0188. The van der Waals surface area contributed by atoms with Gasteiger partial charge in [0.25, 0.3) is 0 Å². The molecule has 1 fully saturated rings. The zero-order chi connectivity index (χ0) is 15.0. The van der Waals surface area contributed by atoms with Crippen LogP contribution in [-0.2, 0) is 4.79 Å². The minimum Gasteiger partial charge on any atom is -0.295 e. The lowest BCUT2D eigenvalue weighted by Gasteiger charge is -2.25. The van der Waals surface area contributed by atoms with E-state index in [0.717, 1.165) is 11.3 Å². The number of rotatable bonds is 2. The second kappa shape index (κ2) is 5.91. The third-order valence-corrected chi connectivity index (χ3v) is 5.33. The van der Waals surface area contributed by atoms with Crippen molar-refractivity contribution in [2.75, 3.05) is 10.7 Å². The largest absolute Gasteiger partial charge is 0.295 e. The monoisotopic (exact) mass is 337 g/mol. The van der Waals surface area contributed by atoms with Crippen LogP contribution < -0.4 is 4.90 Å². The van der Waals surface area contributed by atoms with E-state index in [2.05, 4.69) is 19.1 Å². The first-order chi connectivity index (χ1) is 10.1. The molecule has 1 atom stereocenters. The second-order valence-corrected chi connectivity index (χ2v) is 6.82. The Hall–Kier alpha value is -1.16. The summed E-state index contributed by atoms with van der Waals surface area (Å²) in [4.78, 5) is 14.1. The quantitative estimate of drug-likeness (QED) is 0.761. The molecule has 1 heterocycles. The first-order valence-corrected chi connectivity index (χ1v) is 8.32. The molecule has 1 aliphatic heterocycles. The number of halogens is 2. The molecule has 0 aromatic heterocycles. The van der Waals surface area contributed by atoms with Crippen LogP contribution in [-0.4, -0.2) is 11.7 Å². The third-order valence-electron chi connectivity index (χ3n) is 3.38. The Kier molecular flexibility index (Phi) is 4.16. The fourth-order valence-electron chi connectivity index (χ4n) is 2.41. The van der Waals surface area contributed by atoms with Gasteiger partial charge in [-0.25, -0.2) is 0 Å². The van der Waals surface area contributed by atoms with Crippen molar-refractivity contribution in [3.05, 3.63) is 63.6 Å². The molecular weight excluding hydrogens is 325 g/mol. The molecule has 2 aromatic rings. The number of hydrogen-bond acceptors (Lipinski definition) is 2. The number of aryl methyl sites for hydroxylation is 1. The van der Waals surface area contributed by atoms with Crippen molar-refractivity contribution in [1.82, 2.24) is 0 Å². The number of benzene rings is 2. The Balaban J connectivity index is 2.01. The molecule has 21 heavy (non-hydrogen) atoms. The molecule has 2 nitrogen and oxygen atoms in total. The van der Waals surface area contributed by atoms with Crippen LogP contribution in [0.2, 0.25) is 10.0 Å². The summed E-state index contributed by atoms with van der Waals surface area (Å²) in [7, 11) is 0. The molecule has 1 unspecified atom stereocenters. The maximum atomic E-state index is 12.3. The van der Waals surface area contributed by atoms with Crippen molar-refractivity contribution >= 4 is 46.6 Å². The van der Waals surface area contributed by atoms with Crippen molar-refractivity contribution < 1.29 is 4.79 Å². The number of nitrogens with zero attached hydrogens (tertiary/aromatic N) is 1. The number of anilines is 1. The van der Waals surface area contributed by atoms with Crippen LogP contribution in [0.25, 0.3) is 0 Å². The van der Waals surface area contributed by atoms with Gasteiger partial charge in [-0.1, -0.05) is 53.0 Å². The average molecular weight is 338 g/mol. The van der Waals surface area contributed by atoms with Gasteiger partial charge in [0.2, 0.25) is 5.91 Å². The van der Waals surface area contributed by atoms with Gasteiger partial charge in [-0.3, -0.25) is 9.69 Å². The summed E-state index contributed by atoms with van der Waals surface area (Å²) in [5.74, 6) is 0.559. The molecule has 0 N–H and O–H groups in total. The fraction of sp³-hybridized carbons (Fsp3) is 0.188. The molecule has 1 amide bonds. The van der Waals surface area contributed by atoms with E-state index in [1.165, 1.54) is 5.56 Å². The number of hydrogen-bond donors (Lipinski definition) is 0. The Bertz CT molecular complexity index is 704. The van der Waals surface area contributed by atoms with Crippen molar-refractivity contribution in [2.45, 2.75) is 12.3 Å². The lowest BCUT2D eigenvalue weighted by Crippen LogP contribution is -2.27. The summed E-state index contributed by atoms with van der Waals surface area (Å²) in [5, 5.41) is 0.934. The normalized spacial score (nSPS) is 18.3. The molecule has 0 bridgehead atoms. The molecule has 0 saturated carbocycles. The Labute approximate surface area is 138 Å². The SMILES string of the molecule is Cc1cccc(C2SCC(=O)N2c2ccc(Cl)c(Cl)c2)c1. The highest BCUT2D eigenvalue weighted by molar-refractivity contribution is 8.00. The Morgan fingerprint density at radius 2 is 1.95 bits per heavy atom. The molecule has 0 radical (unpaired) electrons. The summed E-state index contributed by atoms with van der Waals surface area (Å²) in [5.41, 5.74) is 3.09. The van der Waals surface area contributed by atoms with Crippen molar-refractivity contribution in [1.29, 1.82) is 0 Å². The molecule has 1 aliphatic rings. The highest BCUT2D eigenvalue weighted by Crippen LogP contribution is 2.43. The first kappa shape index (κ1) is 14.8. The van der Waals surface area contributed by atoms with E-state index in [-0.39, 0.29) is 11.3 Å². The fourth-order valence-corrected chi connectivity index (χ4v) is 3.87. The number of amides is 1. The molecular formula is C16H13Cl2NOS. The van der Waals surface area contributed by atoms with Gasteiger partial charge in [-0.15, -0.1) is 11.8 Å². The zero-order valence-corrected chi connectivity index (χ0v) is 13.7. The van der Waals surface area contributed by atoms with Gasteiger partial charge >= 0.3 is 0 Å². The van der Waals surface area contributed by atoms with E-state index in [1.807, 2.05) is 18.2 Å². The molecule has 108 valence electrons. The molecule has 1 saturated heterocycles. The van der Waals surface area contributed by atoms with Crippen LogP contribution in [0.5, 0.6) is 0 Å². The van der Waals surface area contributed by atoms with E-state index >= 15 is 0 Å². The van der Waals surface area contributed by atoms with E-state index in [0.29, 0.717) is 15.8 Å². The highest BCUT2D eigenvalue weighted by Gasteiger charge is 2.34. The molecule has 0 spiro atoms. The summed E-state index contributed by atoms with van der Waals surface area (Å²) < 4.78 is 0. The van der Waals surface area contributed by atoms with Gasteiger partial charge < -0.3 is 0 Å². The van der Waals surface area contributed by atoms with Gasteiger partial charge in [0, 0.05) is 5.69 Å². The van der Waals surface area contributed by atoms with Crippen LogP contribution in [0.4, 0.5) is 5.69 Å². The molecule has 0 aliphatic carbocycles. The van der Waals surface area contributed by atoms with Gasteiger partial charge in [0.05, 0.1) is 15.8 Å². The van der Waals surface area contributed by atoms with E-state index in [1.54, 1.807) is 28.8 Å². The van der Waals surface area contributed by atoms with Crippen molar-refractivity contribution in [2.24, 2.45) is 0 Å². The standard InChI is InChI=1S/C16H13Cl2NOS/c1-10-3-2-4-11(7-10)16-19(15(20)9-21-16)12-5-6-13(17)14(18)8-12/h2-8,16H,9H2,1H3. The second-order valence-electron chi connectivity index (χ2n) is 4.94. The van der Waals surface area contributed by atoms with E-state index in [9.17, 15) is 4.79 Å². The van der Waals surface area contributed by atoms with Crippen LogP contribution in [0, 0.1) is 6.92 Å². The Morgan fingerprint density at radius 3 is 2.67 bits per heavy atom. The topological polar surface area (TPSA) is 20.3 Å². The van der Waals surface area contributed by atoms with E-state index in [4.69, 9.17) is 23.2 Å². The van der Waals surface area contributed by atoms with Crippen LogP contribution in [0.15, 0.2) is 42.5 Å². The average Bonchev–Trinajstić information content (AvgIpc) is 2.84. The maximum absolute atomic E-state index is 12.3. The van der Waals surface area contributed by atoms with Crippen molar-refractivity contribution in [3.8, 4) is 0 Å². The summed E-state index contributed by atoms with van der Waals surface area (Å²) >= 11 is 13.7. The first-order valence-electron chi connectivity index (χ1n) is 6.51. The maximum Gasteiger partial charge on any atom is 0.238 e. The minimum atomic E-state index is -0.0188. The number of carbonyl (C=O) groups is 1. The van der Waals surface area contributed by atoms with Gasteiger partial charge in [0.15, 0.2) is 0 Å². The van der Waals surface area contributed by atoms with Crippen LogP contribution >= 0.6 is 35.0 Å². The Morgan fingerprint density at radius 1 is 1.14 bits per heavy atom. The van der Waals surface area contributed by atoms with Crippen molar-refractivity contribution in [3.63, 3.8) is 0 Å². The lowest BCUT2D eigenvalue weighted by atomic mass is 10.1. The van der Waals surface area contributed by atoms with Gasteiger partial charge in [-0.05, 0) is 30.7 Å². The third kappa shape index (κ3) is 2.91. The van der Waals surface area contributed by atoms with Crippen LogP contribution in [0.1, 0.15) is 16.5 Å². The van der Waals surface area contributed by atoms with Gasteiger partial charge in [-0.2, -0.15) is 0 Å². The lowest BCUT2D eigenvalue weighted by molar-refractivity contribution is -0.115. The summed E-state index contributed by atoms with van der Waals surface area (Å²) in [6.07, 6.45) is 0. The highest BCUT2D eigenvalue weighted by atomic mass is 35.5. The predicted octanol–water partition coefficient (Wildman–Crippen LogP) is 5.08. The van der Waals surface area contributed by atoms with Crippen LogP contribution in [0.3, 0.4) is 0 Å². The summed E-state index contributed by atoms with van der Waals surface area (Å²) in [6.45, 7) is 2.05. The van der Waals surface area contributed by atoms with E-state index < -0.39 is 0 Å². The number of carbonyl (C=O) groups excluding carboxylic acids is 1. The molecule has 5 heteroatoms. The summed E-state index contributed by atoms with van der Waals surface area (Å²) in [6, 6.07) is 13.5. The van der Waals surface area contributed by atoms with Gasteiger partial charge in [0.1, 0.15) is 5.37 Å². The number of thioether (sulfide) groups is 1. The smallest absolute Gasteiger partial charge is 0.238 e. The molecule has 2 aromatic carbocycles. The molecule has 3 rings (SSSR count).